The van der Waals surface area contributed by atoms with Gasteiger partial charge < -0.3 is 14.5 Å². The minimum Gasteiger partial charge on any atom is -0.497 e. The minimum atomic E-state index is -0.208. The van der Waals surface area contributed by atoms with Crippen LogP contribution >= 0.6 is 0 Å². The van der Waals surface area contributed by atoms with E-state index >= 15 is 0 Å². The van der Waals surface area contributed by atoms with E-state index in [2.05, 4.69) is 29.0 Å². The van der Waals surface area contributed by atoms with E-state index in [1.54, 1.807) is 7.11 Å². The number of methoxy groups -OCH3 is 1. The summed E-state index contributed by atoms with van der Waals surface area (Å²) in [6, 6.07) is 12.8. The number of halogens is 1. The molecule has 0 saturated heterocycles. The predicted octanol–water partition coefficient (Wildman–Crippen LogP) is 3.42. The number of anilines is 2. The van der Waals surface area contributed by atoms with Gasteiger partial charge in [-0.2, -0.15) is 0 Å². The van der Waals surface area contributed by atoms with Crippen LogP contribution in [0.1, 0.15) is 5.56 Å². The van der Waals surface area contributed by atoms with Gasteiger partial charge in [-0.15, -0.1) is 0 Å². The molecular weight excluding hydrogens is 267 g/mol. The normalized spacial score (nSPS) is 15.5. The number of ether oxygens (including phenoxy) is 1. The molecule has 0 unspecified atom stereocenters. The van der Waals surface area contributed by atoms with Crippen LogP contribution in [0.25, 0.3) is 0 Å². The quantitative estimate of drug-likeness (QED) is 0.841. The second-order valence-corrected chi connectivity index (χ2v) is 5.36. The number of hydrogen-bond donors (Lipinski definition) is 0. The standard InChI is InChI=1S/C17H19FN2O/c1-19-9-10-20(15-5-3-14(18)4-6-15)17-8-7-16(21-2)11-13(17)12-19/h3-8,11H,9-10,12H2,1-2H3. The van der Waals surface area contributed by atoms with Gasteiger partial charge in [0.1, 0.15) is 11.6 Å². The van der Waals surface area contributed by atoms with Crippen molar-refractivity contribution in [1.29, 1.82) is 0 Å². The van der Waals surface area contributed by atoms with E-state index in [4.69, 9.17) is 4.74 Å². The molecule has 0 aliphatic carbocycles. The summed E-state index contributed by atoms with van der Waals surface area (Å²) >= 11 is 0. The van der Waals surface area contributed by atoms with Gasteiger partial charge in [0.15, 0.2) is 0 Å². The highest BCUT2D eigenvalue weighted by molar-refractivity contribution is 5.68. The summed E-state index contributed by atoms with van der Waals surface area (Å²) in [5.41, 5.74) is 3.39. The third kappa shape index (κ3) is 2.85. The van der Waals surface area contributed by atoms with E-state index in [1.807, 2.05) is 18.2 Å². The highest BCUT2D eigenvalue weighted by Crippen LogP contribution is 2.33. The third-order valence-corrected chi connectivity index (χ3v) is 3.86. The summed E-state index contributed by atoms with van der Waals surface area (Å²) in [5, 5.41) is 0. The molecule has 2 aromatic rings. The molecule has 1 heterocycles. The van der Waals surface area contributed by atoms with E-state index in [0.29, 0.717) is 0 Å². The third-order valence-electron chi connectivity index (χ3n) is 3.86. The first-order valence-electron chi connectivity index (χ1n) is 7.06. The zero-order valence-electron chi connectivity index (χ0n) is 12.3. The molecule has 0 N–H and O–H groups in total. The van der Waals surface area contributed by atoms with E-state index in [1.165, 1.54) is 17.7 Å². The Balaban J connectivity index is 2.04. The van der Waals surface area contributed by atoms with Crippen LogP contribution in [0.4, 0.5) is 15.8 Å². The summed E-state index contributed by atoms with van der Waals surface area (Å²) in [6.45, 7) is 2.71. The molecule has 110 valence electrons. The Morgan fingerprint density at radius 1 is 1.05 bits per heavy atom. The van der Waals surface area contributed by atoms with E-state index in [-0.39, 0.29) is 5.82 Å². The first-order chi connectivity index (χ1) is 10.2. The molecule has 21 heavy (non-hydrogen) atoms. The van der Waals surface area contributed by atoms with Crippen LogP contribution in [0.15, 0.2) is 42.5 Å². The van der Waals surface area contributed by atoms with E-state index in [9.17, 15) is 4.39 Å². The van der Waals surface area contributed by atoms with Gasteiger partial charge >= 0.3 is 0 Å². The van der Waals surface area contributed by atoms with Crippen molar-refractivity contribution in [3.05, 3.63) is 53.8 Å². The van der Waals surface area contributed by atoms with Gasteiger partial charge in [-0.3, -0.25) is 0 Å². The van der Waals surface area contributed by atoms with Crippen molar-refractivity contribution in [2.45, 2.75) is 6.54 Å². The Morgan fingerprint density at radius 2 is 1.81 bits per heavy atom. The van der Waals surface area contributed by atoms with Gasteiger partial charge in [0.2, 0.25) is 0 Å². The Kier molecular flexibility index (Phi) is 3.80. The lowest BCUT2D eigenvalue weighted by Gasteiger charge is -2.25. The SMILES string of the molecule is COc1ccc2c(c1)CN(C)CCN2c1ccc(F)cc1. The van der Waals surface area contributed by atoms with E-state index in [0.717, 1.165) is 36.8 Å². The van der Waals surface area contributed by atoms with Gasteiger partial charge in [-0.05, 0) is 55.1 Å². The average molecular weight is 286 g/mol. The summed E-state index contributed by atoms with van der Waals surface area (Å²) < 4.78 is 18.5. The maximum absolute atomic E-state index is 13.1. The maximum Gasteiger partial charge on any atom is 0.123 e. The zero-order valence-corrected chi connectivity index (χ0v) is 12.3. The number of hydrogen-bond acceptors (Lipinski definition) is 3. The molecular formula is C17H19FN2O. The highest BCUT2D eigenvalue weighted by Gasteiger charge is 2.19. The lowest BCUT2D eigenvalue weighted by molar-refractivity contribution is 0.342. The average Bonchev–Trinajstić information content (AvgIpc) is 2.65. The number of fused-ring (bicyclic) bond motifs is 1. The number of likely N-dealkylation sites (N-methyl/N-ethyl adjacent to an activating group) is 1. The van der Waals surface area contributed by atoms with Crippen molar-refractivity contribution in [2.75, 3.05) is 32.1 Å². The first kappa shape index (κ1) is 13.9. The van der Waals surface area contributed by atoms with Gasteiger partial charge in [0.25, 0.3) is 0 Å². The fraction of sp³-hybridized carbons (Fsp3) is 0.294. The number of rotatable bonds is 2. The largest absolute Gasteiger partial charge is 0.497 e. The molecule has 1 aliphatic heterocycles. The summed E-state index contributed by atoms with van der Waals surface area (Å²) in [6.07, 6.45) is 0. The Morgan fingerprint density at radius 3 is 2.52 bits per heavy atom. The molecule has 1 aliphatic rings. The summed E-state index contributed by atoms with van der Waals surface area (Å²) in [5.74, 6) is 0.656. The molecule has 0 spiro atoms. The molecule has 0 bridgehead atoms. The van der Waals surface area contributed by atoms with Crippen molar-refractivity contribution in [1.82, 2.24) is 4.90 Å². The summed E-state index contributed by atoms with van der Waals surface area (Å²) in [7, 11) is 3.79. The Labute approximate surface area is 124 Å². The molecule has 3 nitrogen and oxygen atoms in total. The van der Waals surface area contributed by atoms with Crippen molar-refractivity contribution in [3.63, 3.8) is 0 Å². The highest BCUT2D eigenvalue weighted by atomic mass is 19.1. The molecule has 3 rings (SSSR count). The van der Waals surface area contributed by atoms with E-state index < -0.39 is 0 Å². The fourth-order valence-electron chi connectivity index (χ4n) is 2.73. The van der Waals surface area contributed by atoms with Crippen molar-refractivity contribution >= 4 is 11.4 Å². The number of benzene rings is 2. The topological polar surface area (TPSA) is 15.7 Å². The van der Waals surface area contributed by atoms with Gasteiger partial charge in [0, 0.05) is 31.0 Å². The lowest BCUT2D eigenvalue weighted by atomic mass is 10.1. The summed E-state index contributed by atoms with van der Waals surface area (Å²) in [4.78, 5) is 4.51. The van der Waals surface area contributed by atoms with Crippen molar-refractivity contribution in [2.24, 2.45) is 0 Å². The second kappa shape index (κ2) is 5.74. The zero-order chi connectivity index (χ0) is 14.8. The van der Waals surface area contributed by atoms with Gasteiger partial charge in [0.05, 0.1) is 7.11 Å². The Hall–Kier alpha value is -2.07. The van der Waals surface area contributed by atoms with Crippen LogP contribution in [0.3, 0.4) is 0 Å². The molecule has 4 heteroatoms. The van der Waals surface area contributed by atoms with Crippen LogP contribution in [0, 0.1) is 5.82 Å². The van der Waals surface area contributed by atoms with Crippen LogP contribution in [-0.4, -0.2) is 32.1 Å². The lowest BCUT2D eigenvalue weighted by Crippen LogP contribution is -2.26. The predicted molar refractivity (Wildman–Crippen MR) is 82.7 cm³/mol. The van der Waals surface area contributed by atoms with Crippen molar-refractivity contribution in [3.8, 4) is 5.75 Å². The molecule has 0 fully saturated rings. The minimum absolute atomic E-state index is 0.208. The molecule has 0 radical (unpaired) electrons. The molecule has 0 saturated carbocycles. The van der Waals surface area contributed by atoms with Crippen LogP contribution in [0.5, 0.6) is 5.75 Å². The van der Waals surface area contributed by atoms with Crippen LogP contribution in [-0.2, 0) is 6.54 Å². The maximum atomic E-state index is 13.1. The van der Waals surface area contributed by atoms with Gasteiger partial charge in [-0.1, -0.05) is 0 Å². The monoisotopic (exact) mass is 286 g/mol. The number of nitrogens with zero attached hydrogens (tertiary/aromatic N) is 2. The Bertz CT molecular complexity index is 627. The molecule has 0 atom stereocenters. The van der Waals surface area contributed by atoms with Gasteiger partial charge in [-0.25, -0.2) is 4.39 Å². The second-order valence-electron chi connectivity index (χ2n) is 5.36. The van der Waals surface area contributed by atoms with Crippen LogP contribution in [0.2, 0.25) is 0 Å². The fourth-order valence-corrected chi connectivity index (χ4v) is 2.73. The molecule has 0 amide bonds. The smallest absolute Gasteiger partial charge is 0.123 e. The molecule has 0 aromatic heterocycles. The van der Waals surface area contributed by atoms with Crippen molar-refractivity contribution < 1.29 is 9.13 Å². The molecule has 2 aromatic carbocycles. The van der Waals surface area contributed by atoms with Crippen LogP contribution < -0.4 is 9.64 Å². The first-order valence-corrected chi connectivity index (χ1v) is 7.06.